The van der Waals surface area contributed by atoms with Gasteiger partial charge in [0.15, 0.2) is 0 Å². The van der Waals surface area contributed by atoms with Crippen LogP contribution in [-0.2, 0) is 0 Å². The molecule has 0 aromatic rings. The number of hydrogen-bond donors (Lipinski definition) is 3. The molecule has 3 N–H and O–H groups in total. The Morgan fingerprint density at radius 2 is 0.543 bits per heavy atom. The predicted octanol–water partition coefficient (Wildman–Crippen LogP) is 10.2. The van der Waals surface area contributed by atoms with E-state index in [0.29, 0.717) is 0 Å². The lowest BCUT2D eigenvalue weighted by Gasteiger charge is -2.18. The topological polar surface area (TPSA) is 52.5 Å². The molecule has 0 aliphatic carbocycles. The number of aliphatic hydroxyl groups excluding tert-OH is 2. The fourth-order valence-corrected chi connectivity index (χ4v) is 5.10. The van der Waals surface area contributed by atoms with Crippen molar-refractivity contribution in [1.82, 2.24) is 5.32 Å². The lowest BCUT2D eigenvalue weighted by molar-refractivity contribution is 0.0310. The lowest BCUT2D eigenvalue weighted by atomic mass is 10.0. The van der Waals surface area contributed by atoms with Gasteiger partial charge in [-0.1, -0.05) is 168 Å². The van der Waals surface area contributed by atoms with E-state index >= 15 is 0 Å². The van der Waals surface area contributed by atoms with E-state index < -0.39 is 12.5 Å². The van der Waals surface area contributed by atoms with Gasteiger partial charge in [-0.25, -0.2) is 0 Å². The number of hydrogen-bond acceptors (Lipinski definition) is 3. The zero-order valence-electron chi connectivity index (χ0n) is 24.3. The van der Waals surface area contributed by atoms with Crippen molar-refractivity contribution in [2.75, 3.05) is 0 Å². The Balaban J connectivity index is 3.27. The highest BCUT2D eigenvalue weighted by Crippen LogP contribution is 2.15. The summed E-state index contributed by atoms with van der Waals surface area (Å²) in [4.78, 5) is 0. The highest BCUT2D eigenvalue weighted by molar-refractivity contribution is 4.60. The first-order valence-corrected chi connectivity index (χ1v) is 16.3. The number of rotatable bonds is 30. The van der Waals surface area contributed by atoms with Crippen LogP contribution in [0.5, 0.6) is 0 Å². The summed E-state index contributed by atoms with van der Waals surface area (Å²) in [5, 5.41) is 23.2. The molecule has 3 heteroatoms. The Kier molecular flexibility index (Phi) is 30.0. The Morgan fingerprint density at radius 3 is 0.771 bits per heavy atom. The fourth-order valence-electron chi connectivity index (χ4n) is 5.10. The smallest absolute Gasteiger partial charge is 0.106 e. The third-order valence-corrected chi connectivity index (χ3v) is 7.55. The van der Waals surface area contributed by atoms with E-state index in [9.17, 15) is 10.2 Å². The van der Waals surface area contributed by atoms with Crippen LogP contribution in [-0.4, -0.2) is 22.7 Å². The summed E-state index contributed by atoms with van der Waals surface area (Å²) in [6.45, 7) is 4.56. The van der Waals surface area contributed by atoms with Crippen molar-refractivity contribution in [3.8, 4) is 0 Å². The summed E-state index contributed by atoms with van der Waals surface area (Å²) >= 11 is 0. The molecule has 0 aromatic carbocycles. The van der Waals surface area contributed by atoms with Gasteiger partial charge in [0.25, 0.3) is 0 Å². The molecular formula is C32H67NO2. The Morgan fingerprint density at radius 1 is 0.343 bits per heavy atom. The summed E-state index contributed by atoms with van der Waals surface area (Å²) < 4.78 is 0. The van der Waals surface area contributed by atoms with Crippen molar-refractivity contribution in [3.05, 3.63) is 0 Å². The molecule has 0 spiro atoms. The Bertz CT molecular complexity index is 343. The largest absolute Gasteiger partial charge is 0.379 e. The highest BCUT2D eigenvalue weighted by atomic mass is 16.3. The lowest BCUT2D eigenvalue weighted by Crippen LogP contribution is -2.38. The van der Waals surface area contributed by atoms with Gasteiger partial charge in [-0.3, -0.25) is 5.32 Å². The van der Waals surface area contributed by atoms with Gasteiger partial charge in [-0.05, 0) is 25.7 Å². The molecule has 3 nitrogen and oxygen atoms in total. The van der Waals surface area contributed by atoms with Crippen LogP contribution in [0.25, 0.3) is 0 Å². The molecule has 0 radical (unpaired) electrons. The highest BCUT2D eigenvalue weighted by Gasteiger charge is 2.09. The molecule has 2 atom stereocenters. The molecule has 0 aliphatic heterocycles. The van der Waals surface area contributed by atoms with Crippen molar-refractivity contribution in [2.45, 2.75) is 206 Å². The Hall–Kier alpha value is -0.120. The quantitative estimate of drug-likeness (QED) is 0.0683. The van der Waals surface area contributed by atoms with E-state index in [4.69, 9.17) is 0 Å². The van der Waals surface area contributed by atoms with Crippen LogP contribution in [0.1, 0.15) is 194 Å². The van der Waals surface area contributed by atoms with Gasteiger partial charge in [-0.15, -0.1) is 0 Å². The van der Waals surface area contributed by atoms with Crippen LogP contribution in [0, 0.1) is 0 Å². The zero-order valence-corrected chi connectivity index (χ0v) is 24.3. The van der Waals surface area contributed by atoms with Crippen LogP contribution in [0.15, 0.2) is 0 Å². The first-order valence-electron chi connectivity index (χ1n) is 16.3. The molecule has 0 amide bonds. The first kappa shape index (κ1) is 34.9. The maximum atomic E-state index is 10.1. The van der Waals surface area contributed by atoms with Gasteiger partial charge in [0.05, 0.1) is 0 Å². The second-order valence-corrected chi connectivity index (χ2v) is 11.3. The minimum atomic E-state index is -0.556. The van der Waals surface area contributed by atoms with Crippen LogP contribution in [0.2, 0.25) is 0 Å². The van der Waals surface area contributed by atoms with Gasteiger partial charge in [0.2, 0.25) is 0 Å². The second kappa shape index (κ2) is 30.1. The standard InChI is InChI=1S/C32H67NO2/c1-3-5-7-9-11-13-15-17-19-21-23-25-27-29-31(34)33-32(35)30-28-26-24-22-20-18-16-14-12-10-8-6-4-2/h31-35H,3-30H2,1-2H3. The van der Waals surface area contributed by atoms with E-state index in [-0.39, 0.29) is 0 Å². The molecule has 0 aliphatic rings. The maximum absolute atomic E-state index is 10.1. The predicted molar refractivity (Wildman–Crippen MR) is 156 cm³/mol. The maximum Gasteiger partial charge on any atom is 0.106 e. The first-order chi connectivity index (χ1) is 17.2. The zero-order chi connectivity index (χ0) is 25.7. The van der Waals surface area contributed by atoms with Crippen molar-refractivity contribution in [2.24, 2.45) is 0 Å². The van der Waals surface area contributed by atoms with E-state index in [1.54, 1.807) is 0 Å². The van der Waals surface area contributed by atoms with Crippen LogP contribution in [0.3, 0.4) is 0 Å². The van der Waals surface area contributed by atoms with Gasteiger partial charge >= 0.3 is 0 Å². The summed E-state index contributed by atoms with van der Waals surface area (Å²) in [5.74, 6) is 0. The van der Waals surface area contributed by atoms with Crippen LogP contribution < -0.4 is 5.32 Å². The molecule has 0 saturated heterocycles. The van der Waals surface area contributed by atoms with Crippen molar-refractivity contribution in [3.63, 3.8) is 0 Å². The summed E-state index contributed by atoms with van der Waals surface area (Å²) in [6, 6.07) is 0. The van der Waals surface area contributed by atoms with Crippen molar-refractivity contribution >= 4 is 0 Å². The molecule has 212 valence electrons. The van der Waals surface area contributed by atoms with Crippen molar-refractivity contribution in [1.29, 1.82) is 0 Å². The number of aliphatic hydroxyl groups is 2. The number of nitrogens with one attached hydrogen (secondary N) is 1. The molecular weight excluding hydrogens is 430 g/mol. The average Bonchev–Trinajstić information content (AvgIpc) is 2.85. The van der Waals surface area contributed by atoms with Crippen LogP contribution in [0.4, 0.5) is 0 Å². The number of unbranched alkanes of at least 4 members (excludes halogenated alkanes) is 24. The fraction of sp³-hybridized carbons (Fsp3) is 1.00. The van der Waals surface area contributed by atoms with Crippen LogP contribution >= 0.6 is 0 Å². The van der Waals surface area contributed by atoms with E-state index in [1.165, 1.54) is 154 Å². The monoisotopic (exact) mass is 498 g/mol. The molecule has 0 rings (SSSR count). The SMILES string of the molecule is CCCCCCCCCCCCCCCC(O)NC(O)CCCCCCCCCCCCCCC. The molecule has 2 unspecified atom stereocenters. The van der Waals surface area contributed by atoms with Gasteiger partial charge in [-0.2, -0.15) is 0 Å². The molecule has 0 heterocycles. The molecule has 0 aromatic heterocycles. The van der Waals surface area contributed by atoms with Crippen molar-refractivity contribution < 1.29 is 10.2 Å². The molecule has 0 bridgehead atoms. The van der Waals surface area contributed by atoms with Gasteiger partial charge in [0.1, 0.15) is 12.5 Å². The summed E-state index contributed by atoms with van der Waals surface area (Å²) in [6.07, 6.45) is 35.4. The minimum Gasteiger partial charge on any atom is -0.379 e. The third kappa shape index (κ3) is 30.0. The minimum absolute atomic E-state index is 0.556. The summed E-state index contributed by atoms with van der Waals surface area (Å²) in [7, 11) is 0. The summed E-state index contributed by atoms with van der Waals surface area (Å²) in [5.41, 5.74) is 0. The Labute approximate surface area is 221 Å². The second-order valence-electron chi connectivity index (χ2n) is 11.3. The van der Waals surface area contributed by atoms with E-state index in [1.807, 2.05) is 0 Å². The van der Waals surface area contributed by atoms with Gasteiger partial charge in [0, 0.05) is 0 Å². The normalized spacial score (nSPS) is 13.4. The van der Waals surface area contributed by atoms with Gasteiger partial charge < -0.3 is 10.2 Å². The molecule has 35 heavy (non-hydrogen) atoms. The van der Waals surface area contributed by atoms with E-state index in [0.717, 1.165) is 25.7 Å². The van der Waals surface area contributed by atoms with E-state index in [2.05, 4.69) is 19.2 Å². The molecule has 0 saturated carbocycles. The molecule has 0 fully saturated rings. The third-order valence-electron chi connectivity index (χ3n) is 7.55. The average molecular weight is 498 g/mol.